The van der Waals surface area contributed by atoms with E-state index in [4.69, 9.17) is 14.5 Å². The van der Waals surface area contributed by atoms with Crippen molar-refractivity contribution in [3.8, 4) is 43.8 Å². The molecule has 27 heavy (non-hydrogen) atoms. The summed E-state index contributed by atoms with van der Waals surface area (Å²) in [5, 5.41) is 1.01. The summed E-state index contributed by atoms with van der Waals surface area (Å²) in [6.45, 7) is 0. The van der Waals surface area contributed by atoms with E-state index in [0.29, 0.717) is 0 Å². The quantitative estimate of drug-likeness (QED) is 0.420. The topological polar surface area (TPSA) is 31.4 Å². The van der Waals surface area contributed by atoms with Crippen LogP contribution in [0.1, 0.15) is 0 Å². The van der Waals surface area contributed by atoms with E-state index in [0.717, 1.165) is 43.8 Å². The summed E-state index contributed by atoms with van der Waals surface area (Å²) in [6, 6.07) is 26.4. The fourth-order valence-corrected chi connectivity index (χ4v) is 4.01. The number of thiazole rings is 1. The van der Waals surface area contributed by atoms with E-state index in [1.807, 2.05) is 42.5 Å². The van der Waals surface area contributed by atoms with E-state index in [2.05, 4.69) is 36.4 Å². The number of methoxy groups -OCH3 is 2. The van der Waals surface area contributed by atoms with Gasteiger partial charge < -0.3 is 9.47 Å². The van der Waals surface area contributed by atoms with Crippen molar-refractivity contribution in [2.45, 2.75) is 0 Å². The molecule has 0 unspecified atom stereocenters. The van der Waals surface area contributed by atoms with Gasteiger partial charge in [0.15, 0.2) is 0 Å². The highest BCUT2D eigenvalue weighted by molar-refractivity contribution is 7.19. The van der Waals surface area contributed by atoms with E-state index in [1.165, 1.54) is 0 Å². The summed E-state index contributed by atoms with van der Waals surface area (Å²) >= 11 is 1.70. The lowest BCUT2D eigenvalue weighted by atomic mass is 10.1. The summed E-state index contributed by atoms with van der Waals surface area (Å²) in [5.41, 5.74) is 4.30. The smallest absolute Gasteiger partial charge is 0.124 e. The van der Waals surface area contributed by atoms with Crippen LogP contribution >= 0.6 is 11.3 Å². The number of hydrogen-bond acceptors (Lipinski definition) is 4. The molecular formula is C23H19NO2S. The molecule has 134 valence electrons. The van der Waals surface area contributed by atoms with Gasteiger partial charge in [-0.1, -0.05) is 30.3 Å². The fraction of sp³-hybridized carbons (Fsp3) is 0.0870. The molecule has 0 fully saturated rings. The third-order valence-corrected chi connectivity index (χ3v) is 5.52. The number of rotatable bonds is 5. The van der Waals surface area contributed by atoms with Crippen LogP contribution in [0.25, 0.3) is 32.3 Å². The molecule has 0 bridgehead atoms. The largest absolute Gasteiger partial charge is 0.497 e. The van der Waals surface area contributed by atoms with Gasteiger partial charge in [0.05, 0.1) is 24.8 Å². The zero-order chi connectivity index (χ0) is 18.6. The normalized spacial score (nSPS) is 10.6. The van der Waals surface area contributed by atoms with Gasteiger partial charge in [0.25, 0.3) is 0 Å². The van der Waals surface area contributed by atoms with Crippen molar-refractivity contribution in [3.63, 3.8) is 0 Å². The van der Waals surface area contributed by atoms with Crippen LogP contribution in [-0.4, -0.2) is 19.2 Å². The molecule has 0 saturated heterocycles. The lowest BCUT2D eigenvalue weighted by molar-refractivity contribution is 0.414. The third-order valence-electron chi connectivity index (χ3n) is 4.36. The first-order valence-corrected chi connectivity index (χ1v) is 9.45. The second kappa shape index (κ2) is 7.64. The SMILES string of the molecule is COc1ccc(-c2nc(-c3ccccc3)sc2-c2ccc(OC)cc2)cc1. The standard InChI is InChI=1S/C23H19NO2S/c1-25-19-12-8-16(9-13-19)21-22(17-10-14-20(26-2)15-11-17)27-23(24-21)18-6-4-3-5-7-18/h3-15H,1-2H3. The summed E-state index contributed by atoms with van der Waals surface area (Å²) in [4.78, 5) is 6.11. The lowest BCUT2D eigenvalue weighted by Gasteiger charge is -2.05. The monoisotopic (exact) mass is 373 g/mol. The van der Waals surface area contributed by atoms with Gasteiger partial charge in [0, 0.05) is 11.1 Å². The second-order valence-electron chi connectivity index (χ2n) is 6.02. The maximum Gasteiger partial charge on any atom is 0.124 e. The minimum absolute atomic E-state index is 0.836. The van der Waals surface area contributed by atoms with Gasteiger partial charge in [0.1, 0.15) is 16.5 Å². The van der Waals surface area contributed by atoms with Crippen LogP contribution in [0, 0.1) is 0 Å². The van der Waals surface area contributed by atoms with Crippen molar-refractivity contribution in [2.24, 2.45) is 0 Å². The molecule has 1 aromatic heterocycles. The third kappa shape index (κ3) is 3.57. The van der Waals surface area contributed by atoms with Crippen molar-refractivity contribution in [1.82, 2.24) is 4.98 Å². The minimum Gasteiger partial charge on any atom is -0.497 e. The average Bonchev–Trinajstić information content (AvgIpc) is 3.20. The predicted molar refractivity (Wildman–Crippen MR) is 112 cm³/mol. The maximum atomic E-state index is 5.29. The second-order valence-corrected chi connectivity index (χ2v) is 7.02. The van der Waals surface area contributed by atoms with E-state index in [-0.39, 0.29) is 0 Å². The van der Waals surface area contributed by atoms with Gasteiger partial charge in [-0.2, -0.15) is 0 Å². The Morgan fingerprint density at radius 1 is 0.630 bits per heavy atom. The van der Waals surface area contributed by atoms with E-state index < -0.39 is 0 Å². The Bertz CT molecular complexity index is 957. The molecule has 0 aliphatic rings. The van der Waals surface area contributed by atoms with Crippen molar-refractivity contribution >= 4 is 11.3 Å². The Morgan fingerprint density at radius 2 is 1.19 bits per heavy atom. The molecule has 4 rings (SSSR count). The Labute approximate surface area is 162 Å². The first kappa shape index (κ1) is 17.3. The molecule has 4 heteroatoms. The molecule has 0 saturated carbocycles. The molecule has 0 aliphatic carbocycles. The van der Waals surface area contributed by atoms with Crippen molar-refractivity contribution in [1.29, 1.82) is 0 Å². The highest BCUT2D eigenvalue weighted by Gasteiger charge is 2.16. The summed E-state index contributed by atoms with van der Waals surface area (Å²) in [5.74, 6) is 1.68. The van der Waals surface area contributed by atoms with Gasteiger partial charge in [-0.25, -0.2) is 4.98 Å². The first-order chi connectivity index (χ1) is 13.3. The van der Waals surface area contributed by atoms with Gasteiger partial charge in [0.2, 0.25) is 0 Å². The molecule has 1 heterocycles. The van der Waals surface area contributed by atoms with E-state index in [9.17, 15) is 0 Å². The summed E-state index contributed by atoms with van der Waals surface area (Å²) in [6.07, 6.45) is 0. The molecular weight excluding hydrogens is 354 g/mol. The summed E-state index contributed by atoms with van der Waals surface area (Å²) in [7, 11) is 3.35. The van der Waals surface area contributed by atoms with Crippen molar-refractivity contribution in [2.75, 3.05) is 14.2 Å². The number of aromatic nitrogens is 1. The molecule has 0 amide bonds. The predicted octanol–water partition coefficient (Wildman–Crippen LogP) is 6.16. The molecule has 0 atom stereocenters. The van der Waals surface area contributed by atoms with Crippen LogP contribution in [0.5, 0.6) is 11.5 Å². The van der Waals surface area contributed by atoms with Gasteiger partial charge >= 0.3 is 0 Å². The van der Waals surface area contributed by atoms with Gasteiger partial charge in [-0.3, -0.25) is 0 Å². The first-order valence-electron chi connectivity index (χ1n) is 8.63. The van der Waals surface area contributed by atoms with Crippen LogP contribution in [-0.2, 0) is 0 Å². The zero-order valence-corrected chi connectivity index (χ0v) is 16.0. The Morgan fingerprint density at radius 3 is 1.74 bits per heavy atom. The Hall–Kier alpha value is -3.11. The lowest BCUT2D eigenvalue weighted by Crippen LogP contribution is -1.86. The number of nitrogens with zero attached hydrogens (tertiary/aromatic N) is 1. The highest BCUT2D eigenvalue weighted by atomic mass is 32.1. The molecule has 0 N–H and O–H groups in total. The van der Waals surface area contributed by atoms with Crippen LogP contribution in [0.15, 0.2) is 78.9 Å². The average molecular weight is 373 g/mol. The number of ether oxygens (including phenoxy) is 2. The highest BCUT2D eigenvalue weighted by Crippen LogP contribution is 2.41. The van der Waals surface area contributed by atoms with Crippen LogP contribution < -0.4 is 9.47 Å². The molecule has 4 aromatic rings. The van der Waals surface area contributed by atoms with Crippen LogP contribution in [0.2, 0.25) is 0 Å². The molecule has 3 aromatic carbocycles. The minimum atomic E-state index is 0.836. The van der Waals surface area contributed by atoms with Gasteiger partial charge in [-0.15, -0.1) is 11.3 Å². The fourth-order valence-electron chi connectivity index (χ4n) is 2.91. The number of hydrogen-bond donors (Lipinski definition) is 0. The Balaban J connectivity index is 1.85. The van der Waals surface area contributed by atoms with Crippen LogP contribution in [0.3, 0.4) is 0 Å². The van der Waals surface area contributed by atoms with Crippen LogP contribution in [0.4, 0.5) is 0 Å². The molecule has 0 spiro atoms. The van der Waals surface area contributed by atoms with E-state index in [1.54, 1.807) is 25.6 Å². The number of benzene rings is 3. The van der Waals surface area contributed by atoms with E-state index >= 15 is 0 Å². The van der Waals surface area contributed by atoms with Crippen molar-refractivity contribution < 1.29 is 9.47 Å². The van der Waals surface area contributed by atoms with Gasteiger partial charge in [-0.05, 0) is 54.1 Å². The molecule has 0 radical (unpaired) electrons. The Kier molecular flexibility index (Phi) is 4.90. The molecule has 0 aliphatic heterocycles. The zero-order valence-electron chi connectivity index (χ0n) is 15.2. The van der Waals surface area contributed by atoms with Crippen molar-refractivity contribution in [3.05, 3.63) is 78.9 Å². The summed E-state index contributed by atoms with van der Waals surface area (Å²) < 4.78 is 10.6. The maximum absolute atomic E-state index is 5.29. The molecule has 3 nitrogen and oxygen atoms in total.